The van der Waals surface area contributed by atoms with Crippen LogP contribution in [-0.4, -0.2) is 22.6 Å². The van der Waals surface area contributed by atoms with Crippen LogP contribution in [0.4, 0.5) is 10.1 Å². The lowest BCUT2D eigenvalue weighted by molar-refractivity contribution is 0.0988. The van der Waals surface area contributed by atoms with Crippen molar-refractivity contribution in [2.75, 3.05) is 11.4 Å². The second-order valence-electron chi connectivity index (χ2n) is 4.70. The summed E-state index contributed by atoms with van der Waals surface area (Å²) in [6, 6.07) is 11.4. The van der Waals surface area contributed by atoms with Gasteiger partial charge in [-0.05, 0) is 37.3 Å². The number of H-pyrrole nitrogens is 1. The molecule has 3 rings (SSSR count). The summed E-state index contributed by atoms with van der Waals surface area (Å²) in [4.78, 5) is 14.2. The topological polar surface area (TPSA) is 49.0 Å². The van der Waals surface area contributed by atoms with E-state index in [1.165, 1.54) is 12.1 Å². The van der Waals surface area contributed by atoms with Crippen molar-refractivity contribution in [3.05, 3.63) is 60.0 Å². The van der Waals surface area contributed by atoms with Gasteiger partial charge >= 0.3 is 0 Å². The first kappa shape index (κ1) is 13.3. The first-order valence-electron chi connectivity index (χ1n) is 6.69. The largest absolute Gasteiger partial charge is 0.309 e. The summed E-state index contributed by atoms with van der Waals surface area (Å²) in [5, 5.41) is 7.72. The van der Waals surface area contributed by atoms with Crippen LogP contribution in [0.1, 0.15) is 17.3 Å². The van der Waals surface area contributed by atoms with E-state index in [0.717, 1.165) is 10.9 Å². The zero-order chi connectivity index (χ0) is 14.8. The lowest BCUT2D eigenvalue weighted by Crippen LogP contribution is -2.30. The van der Waals surface area contributed by atoms with E-state index in [-0.39, 0.29) is 11.7 Å². The molecule has 0 saturated carbocycles. The van der Waals surface area contributed by atoms with E-state index in [4.69, 9.17) is 0 Å². The van der Waals surface area contributed by atoms with Crippen molar-refractivity contribution in [2.45, 2.75) is 6.92 Å². The molecule has 0 fully saturated rings. The van der Waals surface area contributed by atoms with Crippen molar-refractivity contribution in [1.29, 1.82) is 0 Å². The van der Waals surface area contributed by atoms with Crippen LogP contribution in [0.2, 0.25) is 0 Å². The van der Waals surface area contributed by atoms with Gasteiger partial charge < -0.3 is 4.90 Å². The van der Waals surface area contributed by atoms with Crippen molar-refractivity contribution in [1.82, 2.24) is 10.2 Å². The minimum absolute atomic E-state index is 0.167. The van der Waals surface area contributed by atoms with Crippen LogP contribution in [0.5, 0.6) is 0 Å². The van der Waals surface area contributed by atoms with E-state index < -0.39 is 0 Å². The summed E-state index contributed by atoms with van der Waals surface area (Å²) in [6.07, 6.45) is 1.70. The number of nitrogens with zero attached hydrogens (tertiary/aromatic N) is 2. The second-order valence-corrected chi connectivity index (χ2v) is 4.70. The van der Waals surface area contributed by atoms with Crippen LogP contribution in [-0.2, 0) is 0 Å². The molecule has 1 aromatic heterocycles. The highest BCUT2D eigenvalue weighted by molar-refractivity contribution is 6.07. The number of carbonyl (C=O) groups excluding carboxylic acids is 1. The van der Waals surface area contributed by atoms with Crippen LogP contribution in [0, 0.1) is 5.82 Å². The third kappa shape index (κ3) is 2.50. The first-order chi connectivity index (χ1) is 10.2. The number of benzene rings is 2. The van der Waals surface area contributed by atoms with Gasteiger partial charge in [-0.25, -0.2) is 4.39 Å². The van der Waals surface area contributed by atoms with Gasteiger partial charge in [0.05, 0.1) is 11.7 Å². The van der Waals surface area contributed by atoms with Gasteiger partial charge in [0.1, 0.15) is 5.82 Å². The van der Waals surface area contributed by atoms with Crippen molar-refractivity contribution >= 4 is 22.5 Å². The maximum atomic E-state index is 13.3. The van der Waals surface area contributed by atoms with Crippen LogP contribution < -0.4 is 4.90 Å². The zero-order valence-electron chi connectivity index (χ0n) is 11.5. The number of nitrogens with one attached hydrogen (secondary N) is 1. The molecule has 21 heavy (non-hydrogen) atoms. The van der Waals surface area contributed by atoms with Crippen molar-refractivity contribution in [3.63, 3.8) is 0 Å². The molecule has 0 aliphatic carbocycles. The summed E-state index contributed by atoms with van der Waals surface area (Å²) in [6.45, 7) is 2.32. The minimum Gasteiger partial charge on any atom is -0.309 e. The highest BCUT2D eigenvalue weighted by atomic mass is 19.1. The molecular weight excluding hydrogens is 269 g/mol. The van der Waals surface area contributed by atoms with Crippen LogP contribution in [0.25, 0.3) is 10.9 Å². The van der Waals surface area contributed by atoms with Gasteiger partial charge in [0.2, 0.25) is 0 Å². The maximum Gasteiger partial charge on any atom is 0.258 e. The number of carbonyl (C=O) groups is 1. The molecule has 3 aromatic rings. The van der Waals surface area contributed by atoms with Gasteiger partial charge in [-0.15, -0.1) is 0 Å². The molecule has 5 heteroatoms. The number of halogens is 1. The number of aromatic amines is 1. The van der Waals surface area contributed by atoms with E-state index in [0.29, 0.717) is 17.8 Å². The summed E-state index contributed by atoms with van der Waals surface area (Å²) in [5.74, 6) is -0.526. The molecule has 0 atom stereocenters. The predicted molar refractivity (Wildman–Crippen MR) is 79.8 cm³/mol. The molecule has 1 amide bonds. The molecular formula is C16H14FN3O. The second kappa shape index (κ2) is 5.36. The quantitative estimate of drug-likeness (QED) is 0.801. The molecule has 0 bridgehead atoms. The van der Waals surface area contributed by atoms with E-state index in [2.05, 4.69) is 10.2 Å². The molecule has 0 saturated heterocycles. The molecule has 1 heterocycles. The highest BCUT2D eigenvalue weighted by Crippen LogP contribution is 2.20. The van der Waals surface area contributed by atoms with Gasteiger partial charge in [0.25, 0.3) is 5.91 Å². The average Bonchev–Trinajstić information content (AvgIpc) is 2.95. The lowest BCUT2D eigenvalue weighted by atomic mass is 10.1. The number of hydrogen-bond donors (Lipinski definition) is 1. The molecule has 0 unspecified atom stereocenters. The minimum atomic E-state index is -0.359. The number of rotatable bonds is 3. The molecule has 4 nitrogen and oxygen atoms in total. The molecule has 106 valence electrons. The number of aromatic nitrogens is 2. The van der Waals surface area contributed by atoms with Crippen molar-refractivity contribution in [3.8, 4) is 0 Å². The number of anilines is 1. The maximum absolute atomic E-state index is 13.3. The van der Waals surface area contributed by atoms with Crippen LogP contribution >= 0.6 is 0 Å². The Morgan fingerprint density at radius 2 is 2.14 bits per heavy atom. The summed E-state index contributed by atoms with van der Waals surface area (Å²) >= 11 is 0. The van der Waals surface area contributed by atoms with E-state index in [1.807, 2.05) is 13.0 Å². The fraction of sp³-hybridized carbons (Fsp3) is 0.125. The van der Waals surface area contributed by atoms with Crippen molar-refractivity contribution < 1.29 is 9.18 Å². The summed E-state index contributed by atoms with van der Waals surface area (Å²) in [7, 11) is 0. The van der Waals surface area contributed by atoms with Gasteiger partial charge in [0, 0.05) is 23.2 Å². The molecule has 0 spiro atoms. The van der Waals surface area contributed by atoms with E-state index in [1.54, 1.807) is 35.4 Å². The standard InChI is InChI=1S/C16H14FN3O/c1-2-20(14-5-3-4-13(17)9-14)16(21)11-6-7-12-10-18-19-15(12)8-11/h3-10H,2H2,1H3,(H,18,19). The third-order valence-corrected chi connectivity index (χ3v) is 3.37. The third-order valence-electron chi connectivity index (χ3n) is 3.37. The predicted octanol–water partition coefficient (Wildman–Crippen LogP) is 3.37. The Labute approximate surface area is 121 Å². The first-order valence-corrected chi connectivity index (χ1v) is 6.69. The fourth-order valence-corrected chi connectivity index (χ4v) is 2.31. The summed E-state index contributed by atoms with van der Waals surface area (Å²) in [5.41, 5.74) is 1.89. The van der Waals surface area contributed by atoms with Crippen molar-refractivity contribution in [2.24, 2.45) is 0 Å². The number of fused-ring (bicyclic) bond motifs is 1. The molecule has 0 radical (unpaired) electrons. The van der Waals surface area contributed by atoms with Gasteiger partial charge in [-0.3, -0.25) is 9.89 Å². The molecule has 0 aliphatic heterocycles. The molecule has 2 aromatic carbocycles. The van der Waals surface area contributed by atoms with Gasteiger partial charge in [-0.1, -0.05) is 12.1 Å². The Hall–Kier alpha value is -2.69. The van der Waals surface area contributed by atoms with Gasteiger partial charge in [-0.2, -0.15) is 5.10 Å². The Morgan fingerprint density at radius 1 is 1.29 bits per heavy atom. The van der Waals surface area contributed by atoms with Crippen LogP contribution in [0.3, 0.4) is 0 Å². The smallest absolute Gasteiger partial charge is 0.258 e. The van der Waals surface area contributed by atoms with Gasteiger partial charge in [0.15, 0.2) is 0 Å². The normalized spacial score (nSPS) is 10.8. The lowest BCUT2D eigenvalue weighted by Gasteiger charge is -2.21. The molecule has 0 aliphatic rings. The van der Waals surface area contributed by atoms with E-state index in [9.17, 15) is 9.18 Å². The monoisotopic (exact) mass is 283 g/mol. The fourth-order valence-electron chi connectivity index (χ4n) is 2.31. The number of hydrogen-bond acceptors (Lipinski definition) is 2. The Balaban J connectivity index is 1.98. The zero-order valence-corrected chi connectivity index (χ0v) is 11.5. The van der Waals surface area contributed by atoms with Crippen LogP contribution in [0.15, 0.2) is 48.7 Å². The Bertz CT molecular complexity index is 797. The Kier molecular flexibility index (Phi) is 3.39. The Morgan fingerprint density at radius 3 is 2.90 bits per heavy atom. The average molecular weight is 283 g/mol. The SMILES string of the molecule is CCN(C(=O)c1ccc2cn[nH]c2c1)c1cccc(F)c1. The van der Waals surface area contributed by atoms with E-state index >= 15 is 0 Å². The summed E-state index contributed by atoms with van der Waals surface area (Å²) < 4.78 is 13.3. The molecule has 1 N–H and O–H groups in total. The highest BCUT2D eigenvalue weighted by Gasteiger charge is 2.17. The number of amides is 1.